The van der Waals surface area contributed by atoms with E-state index in [9.17, 15) is 4.79 Å². The fraction of sp³-hybridized carbons (Fsp3) is 0.684. The smallest absolute Gasteiger partial charge is 0.222 e. The van der Waals surface area contributed by atoms with Crippen molar-refractivity contribution in [3.05, 3.63) is 30.1 Å². The SMILES string of the molecule is CN(C)C(=O)CC1CCOC2(CCN(Cc3cccnc3)CC2)C1. The first-order chi connectivity index (χ1) is 11.6. The van der Waals surface area contributed by atoms with E-state index in [0.717, 1.165) is 51.9 Å². The molecule has 5 heteroatoms. The third-order valence-electron chi connectivity index (χ3n) is 5.45. The Morgan fingerprint density at radius 2 is 2.21 bits per heavy atom. The molecule has 1 amide bonds. The van der Waals surface area contributed by atoms with Crippen LogP contribution in [0.15, 0.2) is 24.5 Å². The molecule has 2 saturated heterocycles. The fourth-order valence-corrected chi connectivity index (χ4v) is 3.95. The molecule has 0 N–H and O–H groups in total. The Morgan fingerprint density at radius 3 is 2.88 bits per heavy atom. The molecule has 1 unspecified atom stereocenters. The van der Waals surface area contributed by atoms with Crippen LogP contribution < -0.4 is 0 Å². The minimum absolute atomic E-state index is 0.000940. The van der Waals surface area contributed by atoms with Gasteiger partial charge in [-0.1, -0.05) is 6.07 Å². The van der Waals surface area contributed by atoms with Crippen molar-refractivity contribution in [1.29, 1.82) is 0 Å². The topological polar surface area (TPSA) is 45.7 Å². The zero-order valence-electron chi connectivity index (χ0n) is 14.9. The largest absolute Gasteiger partial charge is 0.375 e. The summed E-state index contributed by atoms with van der Waals surface area (Å²) in [5, 5.41) is 0. The maximum absolute atomic E-state index is 12.0. The van der Waals surface area contributed by atoms with Crippen molar-refractivity contribution >= 4 is 5.91 Å². The molecule has 3 rings (SSSR count). The number of aromatic nitrogens is 1. The number of amides is 1. The molecule has 1 aromatic rings. The number of hydrogen-bond acceptors (Lipinski definition) is 4. The van der Waals surface area contributed by atoms with Gasteiger partial charge in [0.15, 0.2) is 0 Å². The summed E-state index contributed by atoms with van der Waals surface area (Å²) in [6.07, 6.45) is 8.62. The number of nitrogens with zero attached hydrogens (tertiary/aromatic N) is 3. The van der Waals surface area contributed by atoms with Gasteiger partial charge in [-0.15, -0.1) is 0 Å². The van der Waals surface area contributed by atoms with E-state index < -0.39 is 0 Å². The minimum Gasteiger partial charge on any atom is -0.375 e. The van der Waals surface area contributed by atoms with Gasteiger partial charge < -0.3 is 9.64 Å². The molecular formula is C19H29N3O2. The zero-order chi connectivity index (χ0) is 17.0. The van der Waals surface area contributed by atoms with E-state index in [4.69, 9.17) is 4.74 Å². The highest BCUT2D eigenvalue weighted by atomic mass is 16.5. The summed E-state index contributed by atoms with van der Waals surface area (Å²) >= 11 is 0. The van der Waals surface area contributed by atoms with Gasteiger partial charge in [0.1, 0.15) is 0 Å². The van der Waals surface area contributed by atoms with Crippen LogP contribution in [0.2, 0.25) is 0 Å². The summed E-state index contributed by atoms with van der Waals surface area (Å²) in [6, 6.07) is 4.13. The van der Waals surface area contributed by atoms with Crippen molar-refractivity contribution in [3.8, 4) is 0 Å². The molecule has 2 fully saturated rings. The van der Waals surface area contributed by atoms with Gasteiger partial charge in [0.2, 0.25) is 5.91 Å². The average molecular weight is 331 g/mol. The molecular weight excluding hydrogens is 302 g/mol. The van der Waals surface area contributed by atoms with Gasteiger partial charge in [-0.05, 0) is 43.2 Å². The van der Waals surface area contributed by atoms with E-state index >= 15 is 0 Å². The number of carbonyl (C=O) groups is 1. The maximum Gasteiger partial charge on any atom is 0.222 e. The second-order valence-electron chi connectivity index (χ2n) is 7.52. The Bertz CT molecular complexity index is 539. The van der Waals surface area contributed by atoms with Crippen LogP contribution in [0, 0.1) is 5.92 Å². The Labute approximate surface area is 145 Å². The minimum atomic E-state index is 0.000940. The predicted octanol–water partition coefficient (Wildman–Crippen LogP) is 2.32. The molecule has 0 saturated carbocycles. The third-order valence-corrected chi connectivity index (χ3v) is 5.45. The highest BCUT2D eigenvalue weighted by molar-refractivity contribution is 5.75. The summed E-state index contributed by atoms with van der Waals surface area (Å²) in [7, 11) is 3.68. The van der Waals surface area contributed by atoms with Crippen LogP contribution in [-0.2, 0) is 16.1 Å². The monoisotopic (exact) mass is 331 g/mol. The van der Waals surface area contributed by atoms with Crippen molar-refractivity contribution in [2.75, 3.05) is 33.8 Å². The lowest BCUT2D eigenvalue weighted by Gasteiger charge is -2.46. The first kappa shape index (κ1) is 17.4. The van der Waals surface area contributed by atoms with E-state index in [0.29, 0.717) is 12.3 Å². The first-order valence-electron chi connectivity index (χ1n) is 9.02. The molecule has 2 aliphatic heterocycles. The number of rotatable bonds is 4. The van der Waals surface area contributed by atoms with Crippen molar-refractivity contribution in [1.82, 2.24) is 14.8 Å². The first-order valence-corrected chi connectivity index (χ1v) is 9.02. The van der Waals surface area contributed by atoms with Crippen LogP contribution in [-0.4, -0.2) is 60.1 Å². The van der Waals surface area contributed by atoms with Crippen LogP contribution in [0.4, 0.5) is 0 Å². The number of likely N-dealkylation sites (tertiary alicyclic amines) is 1. The maximum atomic E-state index is 12.0. The van der Waals surface area contributed by atoms with Crippen molar-refractivity contribution in [3.63, 3.8) is 0 Å². The van der Waals surface area contributed by atoms with Gasteiger partial charge in [0, 0.05) is 59.2 Å². The van der Waals surface area contributed by atoms with E-state index in [1.807, 2.05) is 32.6 Å². The standard InChI is InChI=1S/C19H29N3O2/c1-21(2)18(23)12-16-5-11-24-19(13-16)6-9-22(10-7-19)15-17-4-3-8-20-14-17/h3-4,8,14,16H,5-7,9-13,15H2,1-2H3. The highest BCUT2D eigenvalue weighted by Gasteiger charge is 2.40. The van der Waals surface area contributed by atoms with Crippen LogP contribution in [0.25, 0.3) is 0 Å². The predicted molar refractivity (Wildman–Crippen MR) is 93.5 cm³/mol. The molecule has 1 spiro atoms. The van der Waals surface area contributed by atoms with Crippen LogP contribution >= 0.6 is 0 Å². The lowest BCUT2D eigenvalue weighted by atomic mass is 9.78. The molecule has 1 atom stereocenters. The number of pyridine rings is 1. The van der Waals surface area contributed by atoms with Gasteiger partial charge in [0.25, 0.3) is 0 Å². The second kappa shape index (κ2) is 7.62. The van der Waals surface area contributed by atoms with Crippen LogP contribution in [0.1, 0.15) is 37.7 Å². The Balaban J connectivity index is 1.51. The molecule has 0 bridgehead atoms. The molecule has 132 valence electrons. The van der Waals surface area contributed by atoms with Gasteiger partial charge in [0.05, 0.1) is 5.60 Å². The van der Waals surface area contributed by atoms with Crippen molar-refractivity contribution < 1.29 is 9.53 Å². The lowest BCUT2D eigenvalue weighted by molar-refractivity contribution is -0.140. The Hall–Kier alpha value is -1.46. The normalized spacial score (nSPS) is 24.0. The van der Waals surface area contributed by atoms with Crippen molar-refractivity contribution in [2.45, 2.75) is 44.2 Å². The molecule has 0 radical (unpaired) electrons. The molecule has 2 aliphatic rings. The van der Waals surface area contributed by atoms with E-state index in [2.05, 4.69) is 16.0 Å². The van der Waals surface area contributed by atoms with Crippen molar-refractivity contribution in [2.24, 2.45) is 5.92 Å². The quantitative estimate of drug-likeness (QED) is 0.849. The highest BCUT2D eigenvalue weighted by Crippen LogP contribution is 2.39. The summed E-state index contributed by atoms with van der Waals surface area (Å²) in [6.45, 7) is 3.88. The second-order valence-corrected chi connectivity index (χ2v) is 7.52. The third kappa shape index (κ3) is 4.33. The zero-order valence-corrected chi connectivity index (χ0v) is 14.9. The molecule has 3 heterocycles. The summed E-state index contributed by atoms with van der Waals surface area (Å²) < 4.78 is 6.21. The number of carbonyl (C=O) groups excluding carboxylic acids is 1. The Kier molecular flexibility index (Phi) is 5.51. The molecule has 5 nitrogen and oxygen atoms in total. The van der Waals surface area contributed by atoms with Crippen LogP contribution in [0.5, 0.6) is 0 Å². The Morgan fingerprint density at radius 1 is 1.42 bits per heavy atom. The summed E-state index contributed by atoms with van der Waals surface area (Å²) in [5.41, 5.74) is 1.27. The average Bonchev–Trinajstić information content (AvgIpc) is 2.58. The van der Waals surface area contributed by atoms with Gasteiger partial charge in [-0.25, -0.2) is 0 Å². The molecule has 1 aromatic heterocycles. The molecule has 0 aromatic carbocycles. The fourth-order valence-electron chi connectivity index (χ4n) is 3.95. The van der Waals surface area contributed by atoms with Gasteiger partial charge >= 0.3 is 0 Å². The van der Waals surface area contributed by atoms with Crippen LogP contribution in [0.3, 0.4) is 0 Å². The van der Waals surface area contributed by atoms with Gasteiger partial charge in [-0.3, -0.25) is 14.7 Å². The molecule has 24 heavy (non-hydrogen) atoms. The van der Waals surface area contributed by atoms with E-state index in [1.54, 1.807) is 4.90 Å². The molecule has 0 aliphatic carbocycles. The number of ether oxygens (including phenoxy) is 1. The number of hydrogen-bond donors (Lipinski definition) is 0. The summed E-state index contributed by atoms with van der Waals surface area (Å²) in [4.78, 5) is 20.4. The lowest BCUT2D eigenvalue weighted by Crippen LogP contribution is -2.49. The summed E-state index contributed by atoms with van der Waals surface area (Å²) in [5.74, 6) is 0.713. The van der Waals surface area contributed by atoms with Gasteiger partial charge in [-0.2, -0.15) is 0 Å². The number of piperidine rings is 1. The van der Waals surface area contributed by atoms with E-state index in [-0.39, 0.29) is 11.5 Å². The van der Waals surface area contributed by atoms with E-state index in [1.165, 1.54) is 5.56 Å².